The first-order chi connectivity index (χ1) is 17.6. The van der Waals surface area contributed by atoms with Crippen LogP contribution in [0.1, 0.15) is 75.1 Å². The number of ether oxygens (including phenoxy) is 3. The smallest absolute Gasteiger partial charge is 0.410 e. The Morgan fingerprint density at radius 3 is 2.32 bits per heavy atom. The predicted molar refractivity (Wildman–Crippen MR) is 144 cm³/mol. The summed E-state index contributed by atoms with van der Waals surface area (Å²) in [6, 6.07) is 7.82. The van der Waals surface area contributed by atoms with Gasteiger partial charge in [-0.15, -0.1) is 0 Å². The van der Waals surface area contributed by atoms with Crippen molar-refractivity contribution in [1.29, 1.82) is 0 Å². The topological polar surface area (TPSA) is 73.2 Å². The van der Waals surface area contributed by atoms with E-state index in [1.165, 1.54) is 0 Å². The highest BCUT2D eigenvalue weighted by Gasteiger charge is 2.38. The molecule has 1 aromatic carbocycles. The van der Waals surface area contributed by atoms with Gasteiger partial charge in [0, 0.05) is 44.0 Å². The first-order valence-corrected chi connectivity index (χ1v) is 13.3. The summed E-state index contributed by atoms with van der Waals surface area (Å²) in [4.78, 5) is 29.7. The van der Waals surface area contributed by atoms with Crippen LogP contribution >= 0.6 is 0 Å². The lowest BCUT2D eigenvalue weighted by atomic mass is 9.87. The lowest BCUT2D eigenvalue weighted by molar-refractivity contribution is 0.0144. The number of carbonyl (C=O) groups is 2. The highest BCUT2D eigenvalue weighted by Crippen LogP contribution is 2.36. The van der Waals surface area contributed by atoms with Crippen molar-refractivity contribution >= 4 is 12.0 Å². The maximum atomic E-state index is 13.4. The zero-order chi connectivity index (χ0) is 27.3. The Balaban J connectivity index is 0.00000186. The van der Waals surface area contributed by atoms with Crippen LogP contribution in [0.3, 0.4) is 0 Å². The average molecular weight is 514 g/mol. The Morgan fingerprint density at radius 2 is 1.73 bits per heavy atom. The highest BCUT2D eigenvalue weighted by molar-refractivity contribution is 5.94. The van der Waals surface area contributed by atoms with E-state index in [2.05, 4.69) is 10.8 Å². The SMILES string of the molecule is CC.COc1ccc(CN2CC(C3CCN(C(=O)OC(C)(C)C)CC3)n3cc(C)cc3C2=O)c(OC)c1. The third kappa shape index (κ3) is 6.59. The standard InChI is InChI=1S/C27H37N3O5.C2H6/c1-18-13-22-25(31)29(16-20-7-8-21(33-5)14-24(20)34-6)17-23(30(22)15-18)19-9-11-28(12-10-19)26(32)35-27(2,3)4;1-2/h7-8,13-15,19,23H,9-12,16-17H2,1-6H3;1-2H3. The number of benzene rings is 1. The summed E-state index contributed by atoms with van der Waals surface area (Å²) in [6.07, 6.45) is 3.58. The van der Waals surface area contributed by atoms with Gasteiger partial charge in [0.2, 0.25) is 0 Å². The van der Waals surface area contributed by atoms with Crippen molar-refractivity contribution in [2.24, 2.45) is 5.92 Å². The molecule has 0 radical (unpaired) electrons. The number of nitrogens with zero attached hydrogens (tertiary/aromatic N) is 3. The Bertz CT molecular complexity index is 1080. The van der Waals surface area contributed by atoms with Gasteiger partial charge in [0.15, 0.2) is 0 Å². The van der Waals surface area contributed by atoms with Gasteiger partial charge >= 0.3 is 6.09 Å². The van der Waals surface area contributed by atoms with Crippen molar-refractivity contribution in [3.05, 3.63) is 47.3 Å². The van der Waals surface area contributed by atoms with Crippen LogP contribution in [0.25, 0.3) is 0 Å². The molecule has 2 amide bonds. The Kier molecular flexibility index (Phi) is 9.16. The molecule has 2 aliphatic rings. The summed E-state index contributed by atoms with van der Waals surface area (Å²) < 4.78 is 18.6. The fraction of sp³-hybridized carbons (Fsp3) is 0.586. The second-order valence-corrected chi connectivity index (χ2v) is 10.5. The third-order valence-corrected chi connectivity index (χ3v) is 6.85. The van der Waals surface area contributed by atoms with Crippen molar-refractivity contribution in [1.82, 2.24) is 14.4 Å². The van der Waals surface area contributed by atoms with Gasteiger partial charge in [-0.25, -0.2) is 4.79 Å². The van der Waals surface area contributed by atoms with Crippen LogP contribution in [0.5, 0.6) is 11.5 Å². The van der Waals surface area contributed by atoms with E-state index in [1.807, 2.05) is 70.7 Å². The molecule has 4 rings (SSSR count). The normalized spacial score (nSPS) is 18.1. The van der Waals surface area contributed by atoms with Crippen molar-refractivity contribution in [2.45, 2.75) is 72.6 Å². The van der Waals surface area contributed by atoms with Crippen molar-refractivity contribution in [3.8, 4) is 11.5 Å². The number of carbonyl (C=O) groups excluding carboxylic acids is 2. The minimum Gasteiger partial charge on any atom is -0.497 e. The van der Waals surface area contributed by atoms with Gasteiger partial charge in [0.05, 0.1) is 20.3 Å². The van der Waals surface area contributed by atoms with Crippen LogP contribution in [0.2, 0.25) is 0 Å². The van der Waals surface area contributed by atoms with Crippen molar-refractivity contribution < 1.29 is 23.8 Å². The van der Waals surface area contributed by atoms with Gasteiger partial charge in [-0.2, -0.15) is 0 Å². The molecule has 2 aliphatic heterocycles. The van der Waals surface area contributed by atoms with Gasteiger partial charge in [-0.3, -0.25) is 4.79 Å². The van der Waals surface area contributed by atoms with Gasteiger partial charge in [-0.05, 0) is 70.2 Å². The van der Waals surface area contributed by atoms with E-state index < -0.39 is 5.60 Å². The van der Waals surface area contributed by atoms with Crippen LogP contribution in [-0.2, 0) is 11.3 Å². The van der Waals surface area contributed by atoms with E-state index in [0.29, 0.717) is 37.8 Å². The molecule has 37 heavy (non-hydrogen) atoms. The molecule has 2 aromatic rings. The monoisotopic (exact) mass is 513 g/mol. The first kappa shape index (κ1) is 28.4. The molecule has 3 heterocycles. The van der Waals surface area contributed by atoms with E-state index in [1.54, 1.807) is 19.1 Å². The number of fused-ring (bicyclic) bond motifs is 1. The summed E-state index contributed by atoms with van der Waals surface area (Å²) in [6.45, 7) is 14.1. The summed E-state index contributed by atoms with van der Waals surface area (Å²) >= 11 is 0. The molecule has 0 spiro atoms. The molecular weight excluding hydrogens is 470 g/mol. The number of piperidine rings is 1. The molecule has 204 valence electrons. The molecule has 1 saturated heterocycles. The highest BCUT2D eigenvalue weighted by atomic mass is 16.6. The largest absolute Gasteiger partial charge is 0.497 e. The maximum absolute atomic E-state index is 13.4. The molecule has 1 aromatic heterocycles. The Hall–Kier alpha value is -3.16. The van der Waals surface area contributed by atoms with Gasteiger partial charge in [0.25, 0.3) is 5.91 Å². The number of likely N-dealkylation sites (tertiary alicyclic amines) is 1. The van der Waals surface area contributed by atoms with Crippen LogP contribution < -0.4 is 9.47 Å². The van der Waals surface area contributed by atoms with Crippen LogP contribution in [0.4, 0.5) is 4.79 Å². The lowest BCUT2D eigenvalue weighted by Crippen LogP contribution is -2.48. The summed E-state index contributed by atoms with van der Waals surface area (Å²) in [7, 11) is 3.25. The van der Waals surface area contributed by atoms with E-state index in [0.717, 1.165) is 35.4 Å². The second kappa shape index (κ2) is 11.9. The minimum atomic E-state index is -0.502. The first-order valence-electron chi connectivity index (χ1n) is 13.3. The molecule has 0 bridgehead atoms. The summed E-state index contributed by atoms with van der Waals surface area (Å²) in [5.41, 5.74) is 2.24. The number of hydrogen-bond donors (Lipinski definition) is 0. The molecule has 0 N–H and O–H groups in total. The maximum Gasteiger partial charge on any atom is 0.410 e. The number of aryl methyl sites for hydroxylation is 1. The molecule has 0 saturated carbocycles. The van der Waals surface area contributed by atoms with E-state index in [4.69, 9.17) is 14.2 Å². The molecule has 0 aliphatic carbocycles. The number of rotatable bonds is 5. The van der Waals surface area contributed by atoms with Crippen LogP contribution in [0, 0.1) is 12.8 Å². The molecule has 8 heteroatoms. The van der Waals surface area contributed by atoms with Crippen LogP contribution in [0.15, 0.2) is 30.5 Å². The molecule has 1 unspecified atom stereocenters. The Labute approximate surface area is 221 Å². The van der Waals surface area contributed by atoms with Crippen molar-refractivity contribution in [3.63, 3.8) is 0 Å². The minimum absolute atomic E-state index is 0.0263. The quantitative estimate of drug-likeness (QED) is 0.514. The van der Waals surface area contributed by atoms with E-state index >= 15 is 0 Å². The molecule has 1 fully saturated rings. The van der Waals surface area contributed by atoms with Gasteiger partial charge in [0.1, 0.15) is 22.8 Å². The lowest BCUT2D eigenvalue weighted by Gasteiger charge is -2.42. The van der Waals surface area contributed by atoms with Gasteiger partial charge in [-0.1, -0.05) is 13.8 Å². The van der Waals surface area contributed by atoms with Crippen molar-refractivity contribution in [2.75, 3.05) is 33.9 Å². The fourth-order valence-corrected chi connectivity index (χ4v) is 5.12. The zero-order valence-corrected chi connectivity index (χ0v) is 23.7. The molecular formula is C29H43N3O5. The van der Waals surface area contributed by atoms with Gasteiger partial charge < -0.3 is 28.6 Å². The van der Waals surface area contributed by atoms with E-state index in [9.17, 15) is 9.59 Å². The predicted octanol–water partition coefficient (Wildman–Crippen LogP) is 5.68. The number of amides is 2. The second-order valence-electron chi connectivity index (χ2n) is 10.5. The average Bonchev–Trinajstić information content (AvgIpc) is 3.28. The Morgan fingerprint density at radius 1 is 1.05 bits per heavy atom. The summed E-state index contributed by atoms with van der Waals surface area (Å²) in [5.74, 6) is 1.80. The molecule has 1 atom stereocenters. The summed E-state index contributed by atoms with van der Waals surface area (Å²) in [5, 5.41) is 0. The third-order valence-electron chi connectivity index (χ3n) is 6.85. The van der Waals surface area contributed by atoms with Crippen LogP contribution in [-0.4, -0.2) is 65.8 Å². The number of methoxy groups -OCH3 is 2. The number of aromatic nitrogens is 1. The zero-order valence-electron chi connectivity index (χ0n) is 23.7. The fourth-order valence-electron chi connectivity index (χ4n) is 5.12. The number of hydrogen-bond acceptors (Lipinski definition) is 5. The molecule has 8 nitrogen and oxygen atoms in total. The van der Waals surface area contributed by atoms with E-state index in [-0.39, 0.29) is 18.0 Å².